The van der Waals surface area contributed by atoms with Crippen LogP contribution in [0, 0.1) is 0 Å². The van der Waals surface area contributed by atoms with Crippen LogP contribution in [0.4, 0.5) is 0 Å². The number of carbonyl (C=O) groups is 1. The minimum absolute atomic E-state index is 0.354. The molecule has 80 valence electrons. The van der Waals surface area contributed by atoms with Crippen molar-refractivity contribution < 1.29 is 9.53 Å². The molecule has 0 radical (unpaired) electrons. The number of aromatic nitrogens is 1. The molecule has 0 aliphatic carbocycles. The highest BCUT2D eigenvalue weighted by molar-refractivity contribution is 6.32. The number of halogens is 1. The van der Waals surface area contributed by atoms with E-state index in [1.165, 1.54) is 0 Å². The van der Waals surface area contributed by atoms with E-state index >= 15 is 0 Å². The lowest BCUT2D eigenvalue weighted by Gasteiger charge is -2.08. The maximum absolute atomic E-state index is 10.8. The van der Waals surface area contributed by atoms with Crippen molar-refractivity contribution in [1.82, 2.24) is 4.98 Å². The standard InChI is InChI=1S/C12H8ClNO2/c13-11-5-1-3-9(8-15)12(11)16-10-4-2-6-14-7-10/h1-8H. The Morgan fingerprint density at radius 1 is 1.25 bits per heavy atom. The van der Waals surface area contributed by atoms with Crippen LogP contribution in [-0.4, -0.2) is 11.3 Å². The summed E-state index contributed by atoms with van der Waals surface area (Å²) in [5.74, 6) is 0.894. The van der Waals surface area contributed by atoms with E-state index in [4.69, 9.17) is 16.3 Å². The zero-order valence-corrected chi connectivity index (χ0v) is 9.02. The molecule has 0 atom stereocenters. The van der Waals surface area contributed by atoms with Crippen LogP contribution >= 0.6 is 11.6 Å². The van der Waals surface area contributed by atoms with Crippen molar-refractivity contribution in [2.24, 2.45) is 0 Å². The maximum atomic E-state index is 10.8. The summed E-state index contributed by atoms with van der Waals surface area (Å²) in [5, 5.41) is 0.397. The van der Waals surface area contributed by atoms with Crippen LogP contribution in [-0.2, 0) is 0 Å². The molecule has 0 unspecified atom stereocenters. The summed E-state index contributed by atoms with van der Waals surface area (Å²) in [7, 11) is 0. The molecule has 16 heavy (non-hydrogen) atoms. The zero-order chi connectivity index (χ0) is 11.4. The smallest absolute Gasteiger partial charge is 0.156 e. The van der Waals surface area contributed by atoms with Gasteiger partial charge in [0.15, 0.2) is 12.0 Å². The molecule has 2 rings (SSSR count). The Morgan fingerprint density at radius 2 is 2.12 bits per heavy atom. The summed E-state index contributed by atoms with van der Waals surface area (Å²) in [4.78, 5) is 14.7. The molecule has 1 aromatic heterocycles. The Kier molecular flexibility index (Phi) is 3.17. The molecule has 0 spiro atoms. The van der Waals surface area contributed by atoms with Crippen molar-refractivity contribution in [3.63, 3.8) is 0 Å². The Labute approximate surface area is 97.7 Å². The van der Waals surface area contributed by atoms with Crippen LogP contribution in [0.25, 0.3) is 0 Å². The van der Waals surface area contributed by atoms with E-state index in [1.54, 1.807) is 42.7 Å². The number of nitrogens with zero attached hydrogens (tertiary/aromatic N) is 1. The number of rotatable bonds is 3. The molecule has 3 nitrogen and oxygen atoms in total. The molecule has 0 saturated heterocycles. The minimum atomic E-state index is 0.354. The van der Waals surface area contributed by atoms with E-state index in [2.05, 4.69) is 4.98 Å². The van der Waals surface area contributed by atoms with E-state index < -0.39 is 0 Å². The van der Waals surface area contributed by atoms with Gasteiger partial charge in [0.2, 0.25) is 0 Å². The van der Waals surface area contributed by atoms with Gasteiger partial charge in [0, 0.05) is 6.20 Å². The number of pyridine rings is 1. The summed E-state index contributed by atoms with van der Waals surface area (Å²) >= 11 is 5.95. The first-order valence-corrected chi connectivity index (χ1v) is 5.00. The second-order valence-corrected chi connectivity index (χ2v) is 3.47. The van der Waals surface area contributed by atoms with Crippen molar-refractivity contribution >= 4 is 17.9 Å². The van der Waals surface area contributed by atoms with Crippen molar-refractivity contribution in [2.45, 2.75) is 0 Å². The van der Waals surface area contributed by atoms with Crippen LogP contribution in [0.15, 0.2) is 42.7 Å². The van der Waals surface area contributed by atoms with Gasteiger partial charge in [-0.1, -0.05) is 17.7 Å². The molecule has 0 bridgehead atoms. The average molecular weight is 234 g/mol. The number of hydrogen-bond donors (Lipinski definition) is 0. The molecule has 0 saturated carbocycles. The van der Waals surface area contributed by atoms with Gasteiger partial charge in [-0.3, -0.25) is 9.78 Å². The lowest BCUT2D eigenvalue weighted by atomic mass is 10.2. The number of aldehydes is 1. The van der Waals surface area contributed by atoms with E-state index in [9.17, 15) is 4.79 Å². The van der Waals surface area contributed by atoms with Gasteiger partial charge in [0.25, 0.3) is 0 Å². The molecule has 4 heteroatoms. The maximum Gasteiger partial charge on any atom is 0.156 e. The quantitative estimate of drug-likeness (QED) is 0.764. The topological polar surface area (TPSA) is 39.2 Å². The summed E-state index contributed by atoms with van der Waals surface area (Å²) < 4.78 is 5.51. The Balaban J connectivity index is 2.38. The van der Waals surface area contributed by atoms with Crippen LogP contribution in [0.1, 0.15) is 10.4 Å². The van der Waals surface area contributed by atoms with Gasteiger partial charge in [-0.25, -0.2) is 0 Å². The van der Waals surface area contributed by atoms with Gasteiger partial charge in [-0.2, -0.15) is 0 Å². The molecule has 0 aliphatic rings. The first kappa shape index (κ1) is 10.6. The molecule has 2 aromatic rings. The van der Waals surface area contributed by atoms with E-state index in [0.29, 0.717) is 28.4 Å². The van der Waals surface area contributed by atoms with Crippen LogP contribution in [0.2, 0.25) is 5.02 Å². The van der Waals surface area contributed by atoms with Gasteiger partial charge in [0.05, 0.1) is 16.8 Å². The second-order valence-electron chi connectivity index (χ2n) is 3.07. The van der Waals surface area contributed by atoms with Crippen molar-refractivity contribution in [2.75, 3.05) is 0 Å². The number of ether oxygens (including phenoxy) is 1. The first-order valence-electron chi connectivity index (χ1n) is 4.63. The number of hydrogen-bond acceptors (Lipinski definition) is 3. The van der Waals surface area contributed by atoms with Gasteiger partial charge < -0.3 is 4.74 Å². The summed E-state index contributed by atoms with van der Waals surface area (Å²) in [6, 6.07) is 8.49. The first-order chi connectivity index (χ1) is 7.81. The van der Waals surface area contributed by atoms with Gasteiger partial charge in [0.1, 0.15) is 5.75 Å². The highest BCUT2D eigenvalue weighted by Crippen LogP contribution is 2.31. The second kappa shape index (κ2) is 4.77. The molecular weight excluding hydrogens is 226 g/mol. The summed E-state index contributed by atoms with van der Waals surface area (Å²) in [6.45, 7) is 0. The molecule has 0 amide bonds. The van der Waals surface area contributed by atoms with Crippen molar-refractivity contribution in [3.8, 4) is 11.5 Å². The number of carbonyl (C=O) groups excluding carboxylic acids is 1. The van der Waals surface area contributed by atoms with Crippen LogP contribution in [0.5, 0.6) is 11.5 Å². The van der Waals surface area contributed by atoms with Gasteiger partial charge in [-0.15, -0.1) is 0 Å². The van der Waals surface area contributed by atoms with Crippen molar-refractivity contribution in [1.29, 1.82) is 0 Å². The highest BCUT2D eigenvalue weighted by Gasteiger charge is 2.08. The van der Waals surface area contributed by atoms with E-state index in [-0.39, 0.29) is 0 Å². The molecule has 0 N–H and O–H groups in total. The average Bonchev–Trinajstić information content (AvgIpc) is 2.33. The minimum Gasteiger partial charge on any atom is -0.453 e. The molecule has 0 aliphatic heterocycles. The predicted molar refractivity (Wildman–Crippen MR) is 61.2 cm³/mol. The van der Waals surface area contributed by atoms with Gasteiger partial charge >= 0.3 is 0 Å². The number of para-hydroxylation sites is 1. The largest absolute Gasteiger partial charge is 0.453 e. The fourth-order valence-electron chi connectivity index (χ4n) is 1.25. The normalized spacial score (nSPS) is 9.81. The molecular formula is C12H8ClNO2. The highest BCUT2D eigenvalue weighted by atomic mass is 35.5. The lowest BCUT2D eigenvalue weighted by molar-refractivity contribution is 0.112. The third kappa shape index (κ3) is 2.20. The van der Waals surface area contributed by atoms with Gasteiger partial charge in [-0.05, 0) is 24.3 Å². The van der Waals surface area contributed by atoms with Crippen LogP contribution in [0.3, 0.4) is 0 Å². The van der Waals surface area contributed by atoms with Crippen molar-refractivity contribution in [3.05, 3.63) is 53.3 Å². The van der Waals surface area contributed by atoms with E-state index in [1.807, 2.05) is 0 Å². The number of benzene rings is 1. The van der Waals surface area contributed by atoms with Crippen LogP contribution < -0.4 is 4.74 Å². The SMILES string of the molecule is O=Cc1cccc(Cl)c1Oc1cccnc1. The third-order valence-electron chi connectivity index (χ3n) is 1.98. The summed E-state index contributed by atoms with van der Waals surface area (Å²) in [5.41, 5.74) is 0.413. The molecule has 1 aromatic carbocycles. The fourth-order valence-corrected chi connectivity index (χ4v) is 1.47. The Morgan fingerprint density at radius 3 is 2.81 bits per heavy atom. The zero-order valence-electron chi connectivity index (χ0n) is 8.26. The summed E-state index contributed by atoms with van der Waals surface area (Å²) in [6.07, 6.45) is 3.90. The third-order valence-corrected chi connectivity index (χ3v) is 2.28. The predicted octanol–water partition coefficient (Wildman–Crippen LogP) is 3.34. The Hall–Kier alpha value is -1.87. The van der Waals surface area contributed by atoms with E-state index in [0.717, 1.165) is 0 Å². The molecule has 0 fully saturated rings. The lowest BCUT2D eigenvalue weighted by Crippen LogP contribution is -1.91. The Bertz CT molecular complexity index is 500. The molecule has 1 heterocycles. The monoisotopic (exact) mass is 233 g/mol. The fraction of sp³-hybridized carbons (Fsp3) is 0.